The molecule has 0 bridgehead atoms. The number of hydrogen-bond acceptors (Lipinski definition) is 3. The molecule has 1 aliphatic rings. The van der Waals surface area contributed by atoms with Crippen LogP contribution in [0, 0.1) is 20.8 Å². The molecule has 2 heterocycles. The minimum Gasteiger partial charge on any atom is -0.368 e. The Morgan fingerprint density at radius 3 is 2.37 bits per heavy atom. The average molecular weight is 467 g/mol. The lowest BCUT2D eigenvalue weighted by Gasteiger charge is -2.37. The molecule has 1 fully saturated rings. The zero-order valence-corrected chi connectivity index (χ0v) is 20.4. The molecule has 0 unspecified atom stereocenters. The summed E-state index contributed by atoms with van der Waals surface area (Å²) in [5.41, 5.74) is 7.14. The molecule has 0 spiro atoms. The van der Waals surface area contributed by atoms with E-state index in [1.807, 2.05) is 54.3 Å². The smallest absolute Gasteiger partial charge is 0.272 e. The third kappa shape index (κ3) is 4.39. The van der Waals surface area contributed by atoms with E-state index in [9.17, 15) is 9.59 Å². The second-order valence-corrected chi connectivity index (χ2v) is 9.24. The van der Waals surface area contributed by atoms with Gasteiger partial charge in [0.2, 0.25) is 0 Å². The van der Waals surface area contributed by atoms with E-state index < -0.39 is 0 Å². The molecule has 5 rings (SSSR count). The van der Waals surface area contributed by atoms with Gasteiger partial charge in [0.15, 0.2) is 0 Å². The molecule has 6 heteroatoms. The van der Waals surface area contributed by atoms with Crippen molar-refractivity contribution in [3.05, 3.63) is 94.7 Å². The van der Waals surface area contributed by atoms with Gasteiger partial charge in [0.1, 0.15) is 5.69 Å². The Labute approximate surface area is 205 Å². The summed E-state index contributed by atoms with van der Waals surface area (Å²) in [6.45, 7) is 8.99. The number of hydrogen-bond donors (Lipinski definition) is 2. The summed E-state index contributed by atoms with van der Waals surface area (Å²) < 4.78 is 0. The number of rotatable bonds is 4. The largest absolute Gasteiger partial charge is 0.368 e. The fourth-order valence-corrected chi connectivity index (χ4v) is 4.79. The number of fused-ring (bicyclic) bond motifs is 1. The quantitative estimate of drug-likeness (QED) is 0.428. The van der Waals surface area contributed by atoms with Gasteiger partial charge in [0.05, 0.1) is 5.69 Å². The highest BCUT2D eigenvalue weighted by Crippen LogP contribution is 2.30. The Bertz CT molecular complexity index is 1410. The molecule has 4 aromatic rings. The van der Waals surface area contributed by atoms with Crippen molar-refractivity contribution >= 4 is 34.1 Å². The van der Waals surface area contributed by atoms with Gasteiger partial charge in [-0.3, -0.25) is 9.59 Å². The van der Waals surface area contributed by atoms with Crippen LogP contribution in [0.4, 0.5) is 11.4 Å². The van der Waals surface area contributed by atoms with Gasteiger partial charge in [-0.2, -0.15) is 0 Å². The third-order valence-electron chi connectivity index (χ3n) is 6.92. The van der Waals surface area contributed by atoms with E-state index in [1.54, 1.807) is 6.07 Å². The number of anilines is 2. The summed E-state index contributed by atoms with van der Waals surface area (Å²) in [5.74, 6) is -0.325. The van der Waals surface area contributed by atoms with E-state index in [4.69, 9.17) is 0 Å². The highest BCUT2D eigenvalue weighted by atomic mass is 16.2. The summed E-state index contributed by atoms with van der Waals surface area (Å²) in [7, 11) is 0. The number of amides is 2. The summed E-state index contributed by atoms with van der Waals surface area (Å²) in [4.78, 5) is 34.2. The van der Waals surface area contributed by atoms with Crippen LogP contribution in [-0.2, 0) is 0 Å². The van der Waals surface area contributed by atoms with Crippen molar-refractivity contribution in [2.24, 2.45) is 0 Å². The van der Waals surface area contributed by atoms with E-state index in [-0.39, 0.29) is 11.8 Å². The Balaban J connectivity index is 1.39. The molecule has 0 aliphatic carbocycles. The number of nitrogens with zero attached hydrogens (tertiary/aromatic N) is 2. The van der Waals surface area contributed by atoms with Crippen LogP contribution in [0.1, 0.15) is 37.5 Å². The van der Waals surface area contributed by atoms with Gasteiger partial charge >= 0.3 is 0 Å². The van der Waals surface area contributed by atoms with E-state index in [1.165, 1.54) is 16.8 Å². The predicted octanol–water partition coefficient (Wildman–Crippen LogP) is 5.31. The number of para-hydroxylation sites is 1. The van der Waals surface area contributed by atoms with Gasteiger partial charge in [0.25, 0.3) is 11.8 Å². The Morgan fingerprint density at radius 2 is 1.60 bits per heavy atom. The molecule has 1 aliphatic heterocycles. The number of H-pyrrole nitrogens is 1. The summed E-state index contributed by atoms with van der Waals surface area (Å²) >= 11 is 0. The molecule has 35 heavy (non-hydrogen) atoms. The van der Waals surface area contributed by atoms with E-state index >= 15 is 0 Å². The van der Waals surface area contributed by atoms with Crippen molar-refractivity contribution < 1.29 is 9.59 Å². The first-order valence-corrected chi connectivity index (χ1v) is 12.0. The molecule has 3 aromatic carbocycles. The van der Waals surface area contributed by atoms with Gasteiger partial charge < -0.3 is 20.1 Å². The van der Waals surface area contributed by atoms with Gasteiger partial charge in [0, 0.05) is 48.3 Å². The molecule has 1 saturated heterocycles. The molecular formula is C29H30N4O2. The van der Waals surface area contributed by atoms with Crippen LogP contribution in [0.3, 0.4) is 0 Å². The maximum absolute atomic E-state index is 13.7. The van der Waals surface area contributed by atoms with Crippen LogP contribution < -0.4 is 10.2 Å². The van der Waals surface area contributed by atoms with Crippen LogP contribution in [0.15, 0.2) is 66.7 Å². The number of nitrogens with one attached hydrogen (secondary N) is 2. The van der Waals surface area contributed by atoms with Crippen LogP contribution >= 0.6 is 0 Å². The molecule has 2 N–H and O–H groups in total. The van der Waals surface area contributed by atoms with Crippen molar-refractivity contribution in [1.82, 2.24) is 9.88 Å². The van der Waals surface area contributed by atoms with Crippen molar-refractivity contribution in [2.45, 2.75) is 20.8 Å². The third-order valence-corrected chi connectivity index (χ3v) is 6.92. The van der Waals surface area contributed by atoms with Crippen LogP contribution in [-0.4, -0.2) is 47.9 Å². The molecule has 0 saturated carbocycles. The van der Waals surface area contributed by atoms with Crippen molar-refractivity contribution in [2.75, 3.05) is 36.4 Å². The van der Waals surface area contributed by atoms with Gasteiger partial charge in [-0.15, -0.1) is 0 Å². The van der Waals surface area contributed by atoms with Gasteiger partial charge in [-0.05, 0) is 56.2 Å². The van der Waals surface area contributed by atoms with E-state index in [0.29, 0.717) is 30.0 Å². The molecule has 0 atom stereocenters. The lowest BCUT2D eigenvalue weighted by molar-refractivity contribution is 0.0743. The number of piperazine rings is 1. The molecule has 1 aromatic heterocycles. The fraction of sp³-hybridized carbons (Fsp3) is 0.241. The topological polar surface area (TPSA) is 68.4 Å². The average Bonchev–Trinajstić information content (AvgIpc) is 3.23. The molecule has 0 radical (unpaired) electrons. The number of aryl methyl sites for hydroxylation is 2. The highest BCUT2D eigenvalue weighted by Gasteiger charge is 2.27. The number of benzene rings is 3. The number of aromatic nitrogens is 1. The zero-order chi connectivity index (χ0) is 24.5. The molecule has 178 valence electrons. The Hall–Kier alpha value is -4.06. The van der Waals surface area contributed by atoms with Crippen LogP contribution in [0.25, 0.3) is 10.9 Å². The Kier molecular flexibility index (Phi) is 6.03. The first kappa shape index (κ1) is 22.7. The first-order valence-electron chi connectivity index (χ1n) is 12.0. The first-order chi connectivity index (χ1) is 16.9. The highest BCUT2D eigenvalue weighted by molar-refractivity contribution is 6.15. The van der Waals surface area contributed by atoms with Gasteiger partial charge in [-0.25, -0.2) is 0 Å². The van der Waals surface area contributed by atoms with Crippen LogP contribution in [0.5, 0.6) is 0 Å². The summed E-state index contributed by atoms with van der Waals surface area (Å²) in [5, 5.41) is 3.84. The SMILES string of the molecule is Cc1cccc(C(=O)Nc2c(C(=O)N3CCN(c4cccc(C)c4C)CC3)[nH]c3ccccc23)c1. The summed E-state index contributed by atoms with van der Waals surface area (Å²) in [6.07, 6.45) is 0. The zero-order valence-electron chi connectivity index (χ0n) is 20.4. The second kappa shape index (κ2) is 9.29. The normalized spacial score (nSPS) is 13.8. The van der Waals surface area contributed by atoms with Crippen molar-refractivity contribution in [3.63, 3.8) is 0 Å². The number of carbonyl (C=O) groups is 2. The van der Waals surface area contributed by atoms with E-state index in [2.05, 4.69) is 47.2 Å². The summed E-state index contributed by atoms with van der Waals surface area (Å²) in [6, 6.07) is 21.5. The maximum Gasteiger partial charge on any atom is 0.272 e. The van der Waals surface area contributed by atoms with E-state index in [0.717, 1.165) is 29.6 Å². The maximum atomic E-state index is 13.7. The lowest BCUT2D eigenvalue weighted by Crippen LogP contribution is -2.49. The predicted molar refractivity (Wildman–Crippen MR) is 141 cm³/mol. The lowest BCUT2D eigenvalue weighted by atomic mass is 10.1. The second-order valence-electron chi connectivity index (χ2n) is 9.24. The minimum atomic E-state index is -0.229. The number of carbonyl (C=O) groups excluding carboxylic acids is 2. The van der Waals surface area contributed by atoms with Crippen LogP contribution in [0.2, 0.25) is 0 Å². The molecular weight excluding hydrogens is 436 g/mol. The number of aromatic amines is 1. The standard InChI is InChI=1S/C29H30N4O2/c1-19-8-6-10-22(18-19)28(34)31-26-23-11-4-5-12-24(23)30-27(26)29(35)33-16-14-32(15-17-33)25-13-7-9-20(2)21(25)3/h4-13,18,30H,14-17H2,1-3H3,(H,31,34). The van der Waals surface area contributed by atoms with Gasteiger partial charge in [-0.1, -0.05) is 48.0 Å². The van der Waals surface area contributed by atoms with Crippen molar-refractivity contribution in [3.8, 4) is 0 Å². The fourth-order valence-electron chi connectivity index (χ4n) is 4.79. The molecule has 2 amide bonds. The Morgan fingerprint density at radius 1 is 0.857 bits per heavy atom. The monoisotopic (exact) mass is 466 g/mol. The molecule has 6 nitrogen and oxygen atoms in total. The minimum absolute atomic E-state index is 0.0960. The van der Waals surface area contributed by atoms with Crippen molar-refractivity contribution in [1.29, 1.82) is 0 Å².